The highest BCUT2D eigenvalue weighted by molar-refractivity contribution is 6.00. The quantitative estimate of drug-likeness (QED) is 0.0153. The predicted molar refractivity (Wildman–Crippen MR) is 408 cm³/mol. The number of hydrogen-bond donors (Lipinski definition) is 15. The van der Waals surface area contributed by atoms with Gasteiger partial charge in [0, 0.05) is 53.7 Å². The maximum atomic E-state index is 15.6. The van der Waals surface area contributed by atoms with Gasteiger partial charge in [0.25, 0.3) is 5.56 Å². The lowest BCUT2D eigenvalue weighted by Crippen LogP contribution is -2.58. The molecule has 0 bridgehead atoms. The van der Waals surface area contributed by atoms with E-state index >= 15 is 4.39 Å². The van der Waals surface area contributed by atoms with Crippen LogP contribution in [0.4, 0.5) is 24.5 Å². The number of cyclic esters (lactones) is 1. The number of methoxy groups -OCH3 is 1. The number of primary amides is 1. The third kappa shape index (κ3) is 19.5. The van der Waals surface area contributed by atoms with Crippen LogP contribution in [-0.2, 0) is 103 Å². The van der Waals surface area contributed by atoms with Crippen molar-refractivity contribution in [3.8, 4) is 22.5 Å². The smallest absolute Gasteiger partial charge is 0.407 e. The molecule has 6 aromatic rings. The van der Waals surface area contributed by atoms with Crippen molar-refractivity contribution in [2.45, 2.75) is 159 Å². The number of esters is 2. The van der Waals surface area contributed by atoms with Crippen LogP contribution in [0, 0.1) is 18.7 Å². The van der Waals surface area contributed by atoms with E-state index in [1.807, 2.05) is 48.5 Å². The maximum Gasteiger partial charge on any atom is 0.407 e. The number of halogens is 1. The number of alkyl carbamates (subject to hydrolysis) is 2. The predicted octanol–water partition coefficient (Wildman–Crippen LogP) is 0.774. The number of aliphatic hydroxyl groups excluding tert-OH is 2. The highest BCUT2D eigenvalue weighted by Gasteiger charge is 2.47. The number of amides is 12. The minimum atomic E-state index is -2.09. The number of benzene rings is 4. The molecule has 616 valence electrons. The molecule has 0 saturated carbocycles. The van der Waals surface area contributed by atoms with E-state index in [-0.39, 0.29) is 74.5 Å². The van der Waals surface area contributed by atoms with E-state index < -0.39 is 207 Å². The molecule has 36 nitrogen and oxygen atoms in total. The average molecular weight is 1610 g/mol. The molecule has 0 unspecified atom stereocenters. The molecular formula is C79H91FN14O22. The second-order valence-electron chi connectivity index (χ2n) is 29.0. The zero-order valence-corrected chi connectivity index (χ0v) is 64.0. The minimum Gasteiger partial charge on any atom is -0.468 e. The molecule has 1 fully saturated rings. The molecule has 2 aliphatic carbocycles. The summed E-state index contributed by atoms with van der Waals surface area (Å²) in [7, 11) is 1.13. The van der Waals surface area contributed by atoms with Crippen molar-refractivity contribution >= 4 is 94.0 Å². The maximum absolute atomic E-state index is 15.6. The second kappa shape index (κ2) is 37.2. The summed E-state index contributed by atoms with van der Waals surface area (Å²) < 4.78 is 44.0. The van der Waals surface area contributed by atoms with Crippen LogP contribution in [0.3, 0.4) is 0 Å². The molecule has 116 heavy (non-hydrogen) atoms. The summed E-state index contributed by atoms with van der Waals surface area (Å²) >= 11 is 0. The molecule has 16 N–H and O–H groups in total. The number of nitrogens with two attached hydrogens (primary N) is 1. The van der Waals surface area contributed by atoms with E-state index in [0.717, 1.165) is 29.4 Å². The molecule has 5 heterocycles. The summed E-state index contributed by atoms with van der Waals surface area (Å²) in [6.07, 6.45) is -8.63. The van der Waals surface area contributed by atoms with Gasteiger partial charge in [0.2, 0.25) is 47.3 Å². The van der Waals surface area contributed by atoms with Gasteiger partial charge in [0.1, 0.15) is 68.6 Å². The van der Waals surface area contributed by atoms with Gasteiger partial charge < -0.3 is 108 Å². The molecular weight excluding hydrogens is 1520 g/mol. The largest absolute Gasteiger partial charge is 0.468 e. The van der Waals surface area contributed by atoms with Crippen LogP contribution in [-0.4, -0.2) is 198 Å². The Kier molecular flexibility index (Phi) is 27.1. The first-order valence-corrected chi connectivity index (χ1v) is 37.8. The van der Waals surface area contributed by atoms with E-state index in [2.05, 4.69) is 63.2 Å². The number of hydrogen-bond acceptors (Lipinski definition) is 23. The number of aryl methyl sites for hydroxylation is 1. The van der Waals surface area contributed by atoms with E-state index in [4.69, 9.17) is 29.7 Å². The van der Waals surface area contributed by atoms with Crippen LogP contribution < -0.4 is 69.8 Å². The number of aromatic nitrogens is 2. The number of aliphatic hydroxyl groups is 3. The second-order valence-corrected chi connectivity index (χ2v) is 29.0. The van der Waals surface area contributed by atoms with Crippen LogP contribution in [0.25, 0.3) is 33.4 Å². The number of carbonyl (C=O) groups excluding carboxylic acids is 13. The van der Waals surface area contributed by atoms with Crippen LogP contribution in [0.5, 0.6) is 0 Å². The fraction of sp³-hybridized carbons (Fsp3) is 0.430. The molecule has 12 amide bonds. The van der Waals surface area contributed by atoms with Crippen LogP contribution in [0.15, 0.2) is 89.7 Å². The van der Waals surface area contributed by atoms with E-state index in [0.29, 0.717) is 57.4 Å². The van der Waals surface area contributed by atoms with Gasteiger partial charge in [-0.3, -0.25) is 47.9 Å². The Bertz CT molecular complexity index is 4880. The lowest BCUT2D eigenvalue weighted by molar-refractivity contribution is -0.172. The van der Waals surface area contributed by atoms with Gasteiger partial charge >= 0.3 is 30.2 Å². The third-order valence-electron chi connectivity index (χ3n) is 21.1. The number of fused-ring (bicyclic) bond motifs is 8. The van der Waals surface area contributed by atoms with Crippen LogP contribution in [0.2, 0.25) is 0 Å². The molecule has 3 aliphatic heterocycles. The number of nitrogens with zero attached hydrogens (tertiary/aromatic N) is 2. The zero-order chi connectivity index (χ0) is 83.4. The van der Waals surface area contributed by atoms with E-state index in [1.54, 1.807) is 45.9 Å². The van der Waals surface area contributed by atoms with Crippen molar-refractivity contribution in [1.82, 2.24) is 62.7 Å². The molecule has 5 aliphatic rings. The van der Waals surface area contributed by atoms with Gasteiger partial charge in [0.15, 0.2) is 5.60 Å². The Morgan fingerprint density at radius 3 is 2.00 bits per heavy atom. The first-order chi connectivity index (χ1) is 55.4. The van der Waals surface area contributed by atoms with Crippen molar-refractivity contribution in [3.63, 3.8) is 0 Å². The minimum absolute atomic E-state index is 0.00880. The summed E-state index contributed by atoms with van der Waals surface area (Å²) in [5, 5.41) is 61.5. The Morgan fingerprint density at radius 1 is 0.716 bits per heavy atom. The molecule has 37 heteroatoms. The first kappa shape index (κ1) is 84.4. The van der Waals surface area contributed by atoms with Gasteiger partial charge in [0.05, 0.1) is 74.3 Å². The van der Waals surface area contributed by atoms with Gasteiger partial charge in [-0.25, -0.2) is 28.6 Å². The summed E-state index contributed by atoms with van der Waals surface area (Å²) in [4.78, 5) is 189. The summed E-state index contributed by atoms with van der Waals surface area (Å²) in [5.41, 5.74) is 10.5. The third-order valence-corrected chi connectivity index (χ3v) is 21.1. The van der Waals surface area contributed by atoms with Crippen molar-refractivity contribution in [2.24, 2.45) is 11.7 Å². The Balaban J connectivity index is 0.706. The monoisotopic (exact) mass is 1610 g/mol. The lowest BCUT2D eigenvalue weighted by atomic mass is 9.81. The van der Waals surface area contributed by atoms with E-state index in [1.165, 1.54) is 22.8 Å². The molecule has 0 radical (unpaired) electrons. The molecule has 11 rings (SSSR count). The van der Waals surface area contributed by atoms with Crippen molar-refractivity contribution in [1.29, 1.82) is 0 Å². The number of anilines is 1. The molecule has 0 spiro atoms. The number of ether oxygens (including phenoxy) is 5. The molecule has 1 saturated heterocycles. The molecule has 2 aromatic heterocycles. The Hall–Kier alpha value is -12.5. The normalized spacial score (nSPS) is 18.6. The topological polar surface area (TPSA) is 522 Å². The van der Waals surface area contributed by atoms with Gasteiger partial charge in [-0.15, -0.1) is 0 Å². The fourth-order valence-electron chi connectivity index (χ4n) is 14.8. The van der Waals surface area contributed by atoms with E-state index in [9.17, 15) is 82.4 Å². The SMILES string of the molecule is CC[C@@]1(O)C(=O)OCc2c1cc1n(c2=O)Cc2c-1nc1cc(F)c(C)c3c1c2[C@@H](NC(=O)OCc1ccc(NC(=O)[C@@H](CCCNC(N)=O)NC(=O)[C@H](NC(=O)[C@H](CCC(=O)NC[C@H]2O[C@@H](CC(=O)NCC(=O)NCC(=O)NCC(=O)NCC(=O)OC)[C@H](O)[C@@H]2O)NC(=O)OCC2c4ccccc4-c4ccccc42)C(C)C)cc1)CC3. The van der Waals surface area contributed by atoms with Crippen LogP contribution >= 0.6 is 0 Å². The van der Waals surface area contributed by atoms with Gasteiger partial charge in [-0.1, -0.05) is 81.4 Å². The molecule has 9 atom stereocenters. The highest BCUT2D eigenvalue weighted by atomic mass is 19.1. The van der Waals surface area contributed by atoms with Crippen molar-refractivity contribution in [2.75, 3.05) is 58.3 Å². The number of urea groups is 1. The van der Waals surface area contributed by atoms with Crippen molar-refractivity contribution in [3.05, 3.63) is 151 Å². The highest BCUT2D eigenvalue weighted by Crippen LogP contribution is 2.47. The number of rotatable bonds is 33. The van der Waals surface area contributed by atoms with Crippen LogP contribution in [0.1, 0.15) is 128 Å². The fourth-order valence-corrected chi connectivity index (χ4v) is 14.8. The lowest BCUT2D eigenvalue weighted by Gasteiger charge is -2.31. The Morgan fingerprint density at radius 2 is 1.35 bits per heavy atom. The average Bonchev–Trinajstić information content (AvgIpc) is 1.51. The van der Waals surface area contributed by atoms with Gasteiger partial charge in [-0.2, -0.15) is 0 Å². The number of nitrogens with one attached hydrogen (secondary N) is 11. The summed E-state index contributed by atoms with van der Waals surface area (Å²) in [5.74, 6) is -9.57. The van der Waals surface area contributed by atoms with Crippen molar-refractivity contribution < 1.29 is 106 Å². The first-order valence-electron chi connectivity index (χ1n) is 37.8. The summed E-state index contributed by atoms with van der Waals surface area (Å²) in [6, 6.07) is 18.3. The standard InChI is InChI=1S/C79H91FN14O22/c1-6-79(111)50-26-56-68-47(34-94(56)74(106)49(50)37-113-75(79)107)66-52(22-21-42-39(4)51(80)27-55(89-68)65(42)66)91-77(109)114-35-40-17-19-41(20-18-40)88-71(103)53(16-11-25-82-76(81)108)90-73(105)67(38(2)3)93-72(104)54(92-78(110)115-36-48-45-14-9-7-12-43(45)44-13-8-10-15-46(44)48)23-24-59(95)83-29-58-70(102)69(101)57(116-58)28-60(96)84-30-61(97)85-31-62(98)86-32-63(99)87-33-64(100)112-5/h7-10,12-15,17-20,26-27,38,48,52-54,57-58,67,69-70,101-102,111H,6,11,16,21-25,28-37H2,1-5H3,(H,83,95)(H,84,96)(H,85,97)(H,86,98)(H,87,99)(H,88,103)(H,90,105)(H,91,109)(H,92,110)(H,93,104)(H3,81,82,108)/t52-,53+,54-,57-,58+,67+,69-,70+,79-/m0/s1. The molecule has 4 aromatic carbocycles. The number of carbonyl (C=O) groups is 13. The van der Waals surface area contributed by atoms with Gasteiger partial charge in [-0.05, 0) is 114 Å². The zero-order valence-electron chi connectivity index (χ0n) is 64.0. The Labute approximate surface area is 662 Å². The number of pyridine rings is 2. The summed E-state index contributed by atoms with van der Waals surface area (Å²) in [6.45, 7) is 3.10.